The molecule has 0 aliphatic heterocycles. The van der Waals surface area contributed by atoms with E-state index in [1.165, 1.54) is 4.68 Å². The van der Waals surface area contributed by atoms with Crippen molar-refractivity contribution >= 4 is 28.1 Å². The van der Waals surface area contributed by atoms with Crippen molar-refractivity contribution in [3.8, 4) is 23.1 Å². The predicted octanol–water partition coefficient (Wildman–Crippen LogP) is 5.88. The van der Waals surface area contributed by atoms with Crippen LogP contribution >= 0.6 is 0 Å². The van der Waals surface area contributed by atoms with Crippen LogP contribution in [0.5, 0.6) is 11.5 Å². The van der Waals surface area contributed by atoms with E-state index in [0.717, 1.165) is 23.1 Å². The first-order valence-electron chi connectivity index (χ1n) is 11.5. The maximum Gasteiger partial charge on any atom is 0.282 e. The summed E-state index contributed by atoms with van der Waals surface area (Å²) in [6.45, 7) is 4.10. The first-order chi connectivity index (χ1) is 17.1. The maximum atomic E-state index is 13.5. The van der Waals surface area contributed by atoms with Crippen LogP contribution < -0.4 is 15.0 Å². The highest BCUT2D eigenvalue weighted by atomic mass is 16.5. The molecule has 176 valence electrons. The van der Waals surface area contributed by atoms with Crippen molar-refractivity contribution in [3.63, 3.8) is 0 Å². The van der Waals surface area contributed by atoms with Gasteiger partial charge in [-0.25, -0.2) is 4.98 Å². The van der Waals surface area contributed by atoms with Gasteiger partial charge in [-0.3, -0.25) is 4.79 Å². The summed E-state index contributed by atoms with van der Waals surface area (Å²) in [6, 6.07) is 22.1. The number of rotatable bonds is 7. The van der Waals surface area contributed by atoms with Gasteiger partial charge in [0, 0.05) is 0 Å². The minimum atomic E-state index is -0.290. The van der Waals surface area contributed by atoms with E-state index < -0.39 is 0 Å². The molecule has 0 aliphatic rings. The van der Waals surface area contributed by atoms with E-state index in [2.05, 4.69) is 12.0 Å². The Balaban J connectivity index is 1.64. The van der Waals surface area contributed by atoms with E-state index in [4.69, 9.17) is 18.9 Å². The van der Waals surface area contributed by atoms with Crippen LogP contribution in [-0.2, 0) is 0 Å². The first kappa shape index (κ1) is 22.4. The van der Waals surface area contributed by atoms with Gasteiger partial charge in [0.1, 0.15) is 17.1 Å². The minimum absolute atomic E-state index is 0.103. The van der Waals surface area contributed by atoms with Crippen molar-refractivity contribution in [2.75, 3.05) is 7.11 Å². The third-order valence-corrected chi connectivity index (χ3v) is 5.81. The second-order valence-corrected chi connectivity index (χ2v) is 8.21. The van der Waals surface area contributed by atoms with Crippen LogP contribution in [0.1, 0.15) is 25.8 Å². The minimum Gasteiger partial charge on any atom is -0.496 e. The Morgan fingerprint density at radius 3 is 2.71 bits per heavy atom. The van der Waals surface area contributed by atoms with Gasteiger partial charge in [0.25, 0.3) is 5.56 Å². The number of methoxy groups -OCH3 is 1. The highest BCUT2D eigenvalue weighted by molar-refractivity contribution is 5.88. The number of aromatic nitrogens is 2. The van der Waals surface area contributed by atoms with Crippen LogP contribution in [0.4, 0.5) is 0 Å². The molecule has 0 bridgehead atoms. The predicted molar refractivity (Wildman–Crippen MR) is 138 cm³/mol. The number of para-hydroxylation sites is 1. The van der Waals surface area contributed by atoms with Gasteiger partial charge in [0.15, 0.2) is 5.76 Å². The normalized spacial score (nSPS) is 12.4. The second kappa shape index (κ2) is 9.46. The van der Waals surface area contributed by atoms with Crippen molar-refractivity contribution in [2.24, 2.45) is 5.10 Å². The lowest BCUT2D eigenvalue weighted by Crippen LogP contribution is -2.20. The zero-order valence-electron chi connectivity index (χ0n) is 19.8. The summed E-state index contributed by atoms with van der Waals surface area (Å²) in [5, 5.41) is 5.78. The van der Waals surface area contributed by atoms with Gasteiger partial charge in [-0.2, -0.15) is 9.78 Å². The Morgan fingerprint density at radius 1 is 1.06 bits per heavy atom. The fourth-order valence-electron chi connectivity index (χ4n) is 3.82. The van der Waals surface area contributed by atoms with E-state index in [-0.39, 0.29) is 11.7 Å². The number of hydrogen-bond acceptors (Lipinski definition) is 6. The summed E-state index contributed by atoms with van der Waals surface area (Å²) < 4.78 is 18.7. The largest absolute Gasteiger partial charge is 0.496 e. The summed E-state index contributed by atoms with van der Waals surface area (Å²) >= 11 is 0. The Kier molecular flexibility index (Phi) is 6.06. The van der Waals surface area contributed by atoms with Crippen molar-refractivity contribution < 1.29 is 13.9 Å². The SMILES string of the molecule is CC[C@@H](C)Oc1cccc(C=Nn2c(-c3cc4c(OC)cccc4o3)nc3ccccc3c2=O)c1. The van der Waals surface area contributed by atoms with Crippen molar-refractivity contribution in [1.82, 2.24) is 9.66 Å². The topological polar surface area (TPSA) is 78.8 Å². The summed E-state index contributed by atoms with van der Waals surface area (Å²) in [5.74, 6) is 2.14. The van der Waals surface area contributed by atoms with Crippen LogP contribution in [0.25, 0.3) is 33.5 Å². The summed E-state index contributed by atoms with van der Waals surface area (Å²) in [4.78, 5) is 18.2. The molecule has 2 aromatic heterocycles. The zero-order valence-corrected chi connectivity index (χ0v) is 19.8. The lowest BCUT2D eigenvalue weighted by atomic mass is 10.2. The monoisotopic (exact) mass is 467 g/mol. The average molecular weight is 468 g/mol. The summed E-state index contributed by atoms with van der Waals surface area (Å²) in [7, 11) is 1.61. The van der Waals surface area contributed by atoms with Gasteiger partial charge in [-0.15, -0.1) is 0 Å². The van der Waals surface area contributed by atoms with Crippen LogP contribution in [0.3, 0.4) is 0 Å². The molecule has 0 fully saturated rings. The second-order valence-electron chi connectivity index (χ2n) is 8.21. The number of nitrogens with zero attached hydrogens (tertiary/aromatic N) is 3. The fourth-order valence-corrected chi connectivity index (χ4v) is 3.82. The van der Waals surface area contributed by atoms with E-state index in [1.807, 2.05) is 61.5 Å². The van der Waals surface area contributed by atoms with E-state index in [1.54, 1.807) is 31.5 Å². The average Bonchev–Trinajstić information content (AvgIpc) is 3.32. The maximum absolute atomic E-state index is 13.5. The van der Waals surface area contributed by atoms with Crippen molar-refractivity contribution in [1.29, 1.82) is 0 Å². The third-order valence-electron chi connectivity index (χ3n) is 5.81. The molecule has 0 aliphatic carbocycles. The summed E-state index contributed by atoms with van der Waals surface area (Å²) in [5.41, 5.74) is 1.70. The third kappa shape index (κ3) is 4.40. The Labute approximate surface area is 202 Å². The quantitative estimate of drug-likeness (QED) is 0.279. The lowest BCUT2D eigenvalue weighted by Gasteiger charge is -2.12. The molecule has 7 heteroatoms. The highest BCUT2D eigenvalue weighted by Crippen LogP contribution is 2.32. The molecule has 0 unspecified atom stereocenters. The molecule has 0 saturated carbocycles. The Bertz CT molecular complexity index is 1600. The molecule has 5 aromatic rings. The van der Waals surface area contributed by atoms with Gasteiger partial charge in [0.05, 0.1) is 35.7 Å². The molecule has 1 atom stereocenters. The van der Waals surface area contributed by atoms with E-state index >= 15 is 0 Å². The molecular formula is C28H25N3O4. The van der Waals surface area contributed by atoms with Gasteiger partial charge < -0.3 is 13.9 Å². The van der Waals surface area contributed by atoms with Crippen LogP contribution in [-0.4, -0.2) is 29.1 Å². The fraction of sp³-hybridized carbons (Fsp3) is 0.179. The van der Waals surface area contributed by atoms with Crippen molar-refractivity contribution in [3.05, 3.63) is 88.7 Å². The molecule has 5 rings (SSSR count). The van der Waals surface area contributed by atoms with Crippen LogP contribution in [0.15, 0.2) is 87.1 Å². The molecule has 0 radical (unpaired) electrons. The molecule has 0 amide bonds. The van der Waals surface area contributed by atoms with E-state index in [0.29, 0.717) is 33.8 Å². The number of benzene rings is 3. The number of hydrogen-bond donors (Lipinski definition) is 0. The number of ether oxygens (including phenoxy) is 2. The standard InChI is InChI=1S/C28H25N3O4/c1-4-18(2)34-20-10-7-9-19(15-20)17-29-31-27(30-23-12-6-5-11-21(23)28(31)32)26-16-22-24(33-3)13-8-14-25(22)35-26/h5-18H,4H2,1-3H3/t18-/m1/s1. The molecule has 0 N–H and O–H groups in total. The number of fused-ring (bicyclic) bond motifs is 2. The molecule has 0 saturated heterocycles. The zero-order chi connectivity index (χ0) is 24.4. The first-order valence-corrected chi connectivity index (χ1v) is 11.5. The van der Waals surface area contributed by atoms with E-state index in [9.17, 15) is 4.79 Å². The van der Waals surface area contributed by atoms with Gasteiger partial charge in [0.2, 0.25) is 5.82 Å². The van der Waals surface area contributed by atoms with Crippen molar-refractivity contribution in [2.45, 2.75) is 26.4 Å². The lowest BCUT2D eigenvalue weighted by molar-refractivity contribution is 0.217. The molecule has 0 spiro atoms. The molecule has 3 aromatic carbocycles. The molecular weight excluding hydrogens is 442 g/mol. The Morgan fingerprint density at radius 2 is 1.89 bits per heavy atom. The Hall–Kier alpha value is -4.39. The number of furan rings is 1. The molecule has 2 heterocycles. The van der Waals surface area contributed by atoms with Crippen LogP contribution in [0.2, 0.25) is 0 Å². The highest BCUT2D eigenvalue weighted by Gasteiger charge is 2.17. The summed E-state index contributed by atoms with van der Waals surface area (Å²) in [6.07, 6.45) is 2.63. The van der Waals surface area contributed by atoms with Gasteiger partial charge in [-0.1, -0.05) is 37.3 Å². The van der Waals surface area contributed by atoms with Crippen LogP contribution in [0, 0.1) is 0 Å². The van der Waals surface area contributed by atoms with Gasteiger partial charge in [-0.05, 0) is 61.4 Å². The smallest absolute Gasteiger partial charge is 0.282 e. The molecule has 35 heavy (non-hydrogen) atoms. The van der Waals surface area contributed by atoms with Gasteiger partial charge >= 0.3 is 0 Å². The molecule has 7 nitrogen and oxygen atoms in total.